The van der Waals surface area contributed by atoms with E-state index >= 15 is 0 Å². The van der Waals surface area contributed by atoms with Crippen LogP contribution in [0.4, 0.5) is 5.69 Å². The van der Waals surface area contributed by atoms with Crippen molar-refractivity contribution in [3.63, 3.8) is 0 Å². The van der Waals surface area contributed by atoms with Crippen LogP contribution in [0, 0.1) is 0 Å². The second-order valence-corrected chi connectivity index (χ2v) is 8.00. The van der Waals surface area contributed by atoms with E-state index in [4.69, 9.17) is 9.47 Å². The molecular weight excluding hydrogens is 456 g/mol. The van der Waals surface area contributed by atoms with Crippen molar-refractivity contribution >= 4 is 61.2 Å². The number of hydrogen-bond donors (Lipinski definition) is 2. The summed E-state index contributed by atoms with van der Waals surface area (Å²) >= 11 is 4.83. The minimum Gasteiger partial charge on any atom is -0.497 e. The van der Waals surface area contributed by atoms with E-state index in [2.05, 4.69) is 36.2 Å². The predicted molar refractivity (Wildman–Crippen MR) is 118 cm³/mol. The number of ether oxygens (including phenoxy) is 2. The number of benzene rings is 2. The molecule has 0 spiro atoms. The number of carbonyl (C=O) groups excluding carboxylic acids is 1. The first-order chi connectivity index (χ1) is 14.1. The van der Waals surface area contributed by atoms with Gasteiger partial charge < -0.3 is 19.8 Å². The van der Waals surface area contributed by atoms with E-state index in [-0.39, 0.29) is 11.7 Å². The smallest absolute Gasteiger partial charge is 0.234 e. The standard InChI is InChI=1S/C20H17BrN4O3S/c1-27-12-4-6-16(28-2)15(8-12)24-17(26)9-29-20-19-18(22-10-23-20)13-7-11(21)3-5-14(13)25-19/h3-8,10,25H,9H2,1-2H3,(H,24,26). The molecule has 0 fully saturated rings. The highest BCUT2D eigenvalue weighted by molar-refractivity contribution is 9.10. The van der Waals surface area contributed by atoms with Crippen molar-refractivity contribution in [3.05, 3.63) is 47.2 Å². The van der Waals surface area contributed by atoms with Crippen LogP contribution in [0.5, 0.6) is 11.5 Å². The number of methoxy groups -OCH3 is 2. The first kappa shape index (κ1) is 19.5. The Morgan fingerprint density at radius 2 is 2.03 bits per heavy atom. The third-order valence-corrected chi connectivity index (χ3v) is 5.81. The maximum atomic E-state index is 12.5. The average molecular weight is 473 g/mol. The highest BCUT2D eigenvalue weighted by atomic mass is 79.9. The summed E-state index contributed by atoms with van der Waals surface area (Å²) in [5.74, 6) is 1.21. The van der Waals surface area contributed by atoms with Crippen molar-refractivity contribution < 1.29 is 14.3 Å². The number of aromatic amines is 1. The van der Waals surface area contributed by atoms with E-state index in [1.54, 1.807) is 32.4 Å². The number of hydrogen-bond acceptors (Lipinski definition) is 6. The van der Waals surface area contributed by atoms with Crippen LogP contribution in [-0.2, 0) is 4.79 Å². The van der Waals surface area contributed by atoms with Gasteiger partial charge in [0, 0.05) is 21.4 Å². The number of rotatable bonds is 6. The lowest BCUT2D eigenvalue weighted by molar-refractivity contribution is -0.113. The summed E-state index contributed by atoms with van der Waals surface area (Å²) in [6.45, 7) is 0. The van der Waals surface area contributed by atoms with Gasteiger partial charge in [-0.25, -0.2) is 9.97 Å². The zero-order chi connectivity index (χ0) is 20.4. The number of nitrogens with one attached hydrogen (secondary N) is 2. The van der Waals surface area contributed by atoms with Gasteiger partial charge in [0.1, 0.15) is 28.4 Å². The third-order valence-electron chi connectivity index (χ3n) is 4.33. The normalized spacial score (nSPS) is 11.0. The van der Waals surface area contributed by atoms with Gasteiger partial charge in [-0.3, -0.25) is 4.79 Å². The van der Waals surface area contributed by atoms with Crippen LogP contribution in [0.25, 0.3) is 21.9 Å². The average Bonchev–Trinajstić information content (AvgIpc) is 3.10. The van der Waals surface area contributed by atoms with Gasteiger partial charge in [0.15, 0.2) is 0 Å². The summed E-state index contributed by atoms with van der Waals surface area (Å²) in [5, 5.41) is 4.59. The van der Waals surface area contributed by atoms with Crippen LogP contribution in [0.2, 0.25) is 0 Å². The predicted octanol–water partition coefficient (Wildman–Crippen LogP) is 4.62. The van der Waals surface area contributed by atoms with Crippen LogP contribution in [0.15, 0.2) is 52.2 Å². The summed E-state index contributed by atoms with van der Waals surface area (Å²) in [7, 11) is 3.13. The molecule has 0 aliphatic carbocycles. The zero-order valence-electron chi connectivity index (χ0n) is 15.7. The molecule has 0 bridgehead atoms. The molecule has 1 amide bonds. The van der Waals surface area contributed by atoms with Crippen LogP contribution in [-0.4, -0.2) is 40.8 Å². The molecule has 0 saturated carbocycles. The van der Waals surface area contributed by atoms with Crippen molar-refractivity contribution in [1.82, 2.24) is 15.0 Å². The van der Waals surface area contributed by atoms with Gasteiger partial charge in [-0.2, -0.15) is 0 Å². The first-order valence-corrected chi connectivity index (χ1v) is 10.4. The summed E-state index contributed by atoms with van der Waals surface area (Å²) in [6, 6.07) is 11.2. The lowest BCUT2D eigenvalue weighted by atomic mass is 10.2. The third kappa shape index (κ3) is 4.01. The minimum absolute atomic E-state index is 0.174. The summed E-state index contributed by atoms with van der Waals surface area (Å²) in [4.78, 5) is 24.6. The van der Waals surface area contributed by atoms with E-state index in [1.807, 2.05) is 18.2 Å². The monoisotopic (exact) mass is 472 g/mol. The fourth-order valence-electron chi connectivity index (χ4n) is 2.98. The highest BCUT2D eigenvalue weighted by Crippen LogP contribution is 2.32. The van der Waals surface area contributed by atoms with E-state index in [1.165, 1.54) is 18.1 Å². The molecule has 148 valence electrons. The largest absolute Gasteiger partial charge is 0.497 e. The Morgan fingerprint density at radius 3 is 2.83 bits per heavy atom. The fourth-order valence-corrected chi connectivity index (χ4v) is 4.10. The Bertz CT molecular complexity index is 1210. The molecule has 0 saturated heterocycles. The molecule has 2 aromatic heterocycles. The van der Waals surface area contributed by atoms with E-state index in [9.17, 15) is 4.79 Å². The fraction of sp³-hybridized carbons (Fsp3) is 0.150. The SMILES string of the molecule is COc1ccc(OC)c(NC(=O)CSc2ncnc3c2[nH]c2ccc(Br)cc23)c1. The van der Waals surface area contributed by atoms with Gasteiger partial charge in [0.05, 0.1) is 31.2 Å². The number of nitrogens with zero attached hydrogens (tertiary/aromatic N) is 2. The number of anilines is 1. The summed E-state index contributed by atoms with van der Waals surface area (Å²) in [5.41, 5.74) is 3.17. The van der Waals surface area contributed by atoms with Gasteiger partial charge in [0.2, 0.25) is 5.91 Å². The van der Waals surface area contributed by atoms with Crippen molar-refractivity contribution in [1.29, 1.82) is 0 Å². The lowest BCUT2D eigenvalue weighted by Gasteiger charge is -2.11. The molecule has 29 heavy (non-hydrogen) atoms. The molecule has 0 unspecified atom stereocenters. The zero-order valence-corrected chi connectivity index (χ0v) is 18.1. The Hall–Kier alpha value is -2.78. The molecule has 2 N–H and O–H groups in total. The van der Waals surface area contributed by atoms with Crippen LogP contribution >= 0.6 is 27.7 Å². The molecule has 2 heterocycles. The second-order valence-electron chi connectivity index (χ2n) is 6.12. The van der Waals surface area contributed by atoms with Gasteiger partial charge >= 0.3 is 0 Å². The van der Waals surface area contributed by atoms with Crippen molar-refractivity contribution in [2.24, 2.45) is 0 Å². The molecule has 9 heteroatoms. The van der Waals surface area contributed by atoms with Crippen LogP contribution in [0.1, 0.15) is 0 Å². The van der Waals surface area contributed by atoms with Gasteiger partial charge in [-0.05, 0) is 30.3 Å². The molecule has 0 radical (unpaired) electrons. The number of carbonyl (C=O) groups is 1. The molecule has 7 nitrogen and oxygen atoms in total. The number of fused-ring (bicyclic) bond motifs is 3. The maximum absolute atomic E-state index is 12.5. The van der Waals surface area contributed by atoms with Gasteiger partial charge in [-0.15, -0.1) is 0 Å². The Morgan fingerprint density at radius 1 is 1.17 bits per heavy atom. The van der Waals surface area contributed by atoms with E-state index in [0.29, 0.717) is 17.2 Å². The molecule has 4 aromatic rings. The number of amides is 1. The number of aromatic nitrogens is 3. The van der Waals surface area contributed by atoms with E-state index in [0.717, 1.165) is 31.4 Å². The molecular formula is C20H17BrN4O3S. The summed E-state index contributed by atoms with van der Waals surface area (Å²) < 4.78 is 11.5. The van der Waals surface area contributed by atoms with Crippen molar-refractivity contribution in [2.75, 3.05) is 25.3 Å². The molecule has 0 atom stereocenters. The molecule has 0 aliphatic heterocycles. The van der Waals surface area contributed by atoms with E-state index < -0.39 is 0 Å². The van der Waals surface area contributed by atoms with Crippen molar-refractivity contribution in [2.45, 2.75) is 5.03 Å². The Kier molecular flexibility index (Phi) is 5.59. The number of thioether (sulfide) groups is 1. The van der Waals surface area contributed by atoms with Crippen molar-refractivity contribution in [3.8, 4) is 11.5 Å². The first-order valence-electron chi connectivity index (χ1n) is 8.65. The Labute approximate surface area is 179 Å². The Balaban J connectivity index is 1.54. The topological polar surface area (TPSA) is 89.1 Å². The van der Waals surface area contributed by atoms with Gasteiger partial charge in [-0.1, -0.05) is 27.7 Å². The minimum atomic E-state index is -0.174. The second kappa shape index (κ2) is 8.30. The van der Waals surface area contributed by atoms with Crippen LogP contribution in [0.3, 0.4) is 0 Å². The number of H-pyrrole nitrogens is 1. The van der Waals surface area contributed by atoms with Crippen LogP contribution < -0.4 is 14.8 Å². The quantitative estimate of drug-likeness (QED) is 0.314. The molecule has 2 aromatic carbocycles. The summed E-state index contributed by atoms with van der Waals surface area (Å²) in [6.07, 6.45) is 1.52. The lowest BCUT2D eigenvalue weighted by Crippen LogP contribution is -2.15. The highest BCUT2D eigenvalue weighted by Gasteiger charge is 2.14. The molecule has 0 aliphatic rings. The number of halogens is 1. The molecule has 4 rings (SSSR count). The van der Waals surface area contributed by atoms with Gasteiger partial charge in [0.25, 0.3) is 0 Å². The maximum Gasteiger partial charge on any atom is 0.234 e.